The maximum atomic E-state index is 13.6. The van der Waals surface area contributed by atoms with Gasteiger partial charge in [0.25, 0.3) is 0 Å². The Balaban J connectivity index is 1.33. The first-order valence-corrected chi connectivity index (χ1v) is 13.0. The zero-order valence-corrected chi connectivity index (χ0v) is 19.6. The van der Waals surface area contributed by atoms with Crippen molar-refractivity contribution in [2.24, 2.45) is 29.6 Å². The molecule has 0 unspecified atom stereocenters. The highest BCUT2D eigenvalue weighted by molar-refractivity contribution is 8.00. The van der Waals surface area contributed by atoms with Crippen LogP contribution in [0.4, 0.5) is 5.69 Å². The van der Waals surface area contributed by atoms with Gasteiger partial charge in [-0.1, -0.05) is 29.0 Å². The summed E-state index contributed by atoms with van der Waals surface area (Å²) in [5.41, 5.74) is 1.66. The number of hydrogen-bond acceptors (Lipinski definition) is 6. The van der Waals surface area contributed by atoms with Gasteiger partial charge in [0.15, 0.2) is 0 Å². The van der Waals surface area contributed by atoms with Crippen LogP contribution in [0.25, 0.3) is 0 Å². The Morgan fingerprint density at radius 3 is 2.52 bits per heavy atom. The van der Waals surface area contributed by atoms with Crippen LogP contribution in [0.1, 0.15) is 22.8 Å². The van der Waals surface area contributed by atoms with Gasteiger partial charge < -0.3 is 4.98 Å². The van der Waals surface area contributed by atoms with Crippen LogP contribution in [0.3, 0.4) is 0 Å². The van der Waals surface area contributed by atoms with Gasteiger partial charge in [-0.3, -0.25) is 24.3 Å². The quantitative estimate of drug-likeness (QED) is 0.540. The molecule has 1 saturated heterocycles. The first-order valence-electron chi connectivity index (χ1n) is 11.0. The number of nitrogens with one attached hydrogen (secondary N) is 1. The van der Waals surface area contributed by atoms with Crippen LogP contribution >= 0.6 is 34.7 Å². The minimum Gasteiger partial charge on any atom is -0.307 e. The lowest BCUT2D eigenvalue weighted by Gasteiger charge is -2.42. The second-order valence-electron chi connectivity index (χ2n) is 9.24. The first-order chi connectivity index (χ1) is 16.0. The SMILES string of the molecule is O=C1[C@@H]2[C@H]3C[C@@H]([C@H]4Sc5[nH]c(=O)sc5[C@@H](c5cccnc5)[C@@H]34)[C@H]2C(=O)N1c1ccc(Cl)cc1. The van der Waals surface area contributed by atoms with E-state index in [1.807, 2.05) is 12.3 Å². The van der Waals surface area contributed by atoms with E-state index in [0.29, 0.717) is 10.7 Å². The van der Waals surface area contributed by atoms with E-state index >= 15 is 0 Å². The van der Waals surface area contributed by atoms with Crippen molar-refractivity contribution in [3.63, 3.8) is 0 Å². The summed E-state index contributed by atoms with van der Waals surface area (Å²) in [6, 6.07) is 10.9. The van der Waals surface area contributed by atoms with E-state index < -0.39 is 0 Å². The van der Waals surface area contributed by atoms with Crippen molar-refractivity contribution in [2.45, 2.75) is 22.6 Å². The first kappa shape index (κ1) is 20.0. The van der Waals surface area contributed by atoms with Crippen molar-refractivity contribution < 1.29 is 9.59 Å². The number of thioether (sulfide) groups is 1. The number of aromatic nitrogens is 2. The van der Waals surface area contributed by atoms with Gasteiger partial charge in [0, 0.05) is 33.5 Å². The number of pyridine rings is 1. The highest BCUT2D eigenvalue weighted by atomic mass is 35.5. The van der Waals surface area contributed by atoms with E-state index in [1.54, 1.807) is 42.2 Å². The van der Waals surface area contributed by atoms with Gasteiger partial charge in [-0.25, -0.2) is 0 Å². The molecule has 0 spiro atoms. The van der Waals surface area contributed by atoms with E-state index in [1.165, 1.54) is 16.2 Å². The Kier molecular flexibility index (Phi) is 4.27. The monoisotopic (exact) mass is 495 g/mol. The molecular formula is C24H18ClN3O3S2. The molecule has 2 saturated carbocycles. The number of imide groups is 1. The molecule has 33 heavy (non-hydrogen) atoms. The van der Waals surface area contributed by atoms with E-state index in [4.69, 9.17) is 11.6 Å². The second kappa shape index (κ2) is 7.04. The number of carbonyl (C=O) groups is 2. The predicted octanol–water partition coefficient (Wildman–Crippen LogP) is 4.16. The number of carbonyl (C=O) groups excluding carboxylic acids is 2. The molecule has 7 rings (SSSR count). The van der Waals surface area contributed by atoms with E-state index in [0.717, 1.165) is 21.9 Å². The van der Waals surface area contributed by atoms with Crippen molar-refractivity contribution in [3.05, 3.63) is 73.9 Å². The maximum absolute atomic E-state index is 13.6. The average Bonchev–Trinajstić information content (AvgIpc) is 3.54. The zero-order chi connectivity index (χ0) is 22.4. The molecule has 2 amide bonds. The van der Waals surface area contributed by atoms with Crippen molar-refractivity contribution in [1.29, 1.82) is 0 Å². The maximum Gasteiger partial charge on any atom is 0.305 e. The Morgan fingerprint density at radius 1 is 1.03 bits per heavy atom. The fourth-order valence-corrected chi connectivity index (χ4v) is 9.81. The van der Waals surface area contributed by atoms with E-state index in [-0.39, 0.29) is 57.4 Å². The van der Waals surface area contributed by atoms with Crippen LogP contribution in [0.5, 0.6) is 0 Å². The largest absolute Gasteiger partial charge is 0.307 e. The standard InChI is InChI=1S/C24H18ClN3O3S2/c25-11-3-5-12(6-4-11)28-22(29)17-13-8-14(18(17)23(28)30)19-16(13)15(10-2-1-7-26-9-10)20-21(32-19)27-24(31)33-20/h1-7,9,13-19H,8H2,(H,27,31)/t13-,14+,15-,16+,17+,18+,19+/m0/s1. The van der Waals surface area contributed by atoms with Crippen LogP contribution in [-0.4, -0.2) is 27.0 Å². The van der Waals surface area contributed by atoms with Crippen molar-refractivity contribution in [3.8, 4) is 0 Å². The Morgan fingerprint density at radius 2 is 1.79 bits per heavy atom. The van der Waals surface area contributed by atoms with E-state index in [9.17, 15) is 14.4 Å². The molecule has 2 aliphatic heterocycles. The molecular weight excluding hydrogens is 478 g/mol. The molecule has 1 aromatic carbocycles. The summed E-state index contributed by atoms with van der Waals surface area (Å²) in [7, 11) is 0. The number of thiazole rings is 1. The van der Waals surface area contributed by atoms with Crippen molar-refractivity contribution in [2.75, 3.05) is 4.90 Å². The summed E-state index contributed by atoms with van der Waals surface area (Å²) in [5, 5.41) is 1.66. The zero-order valence-electron chi connectivity index (χ0n) is 17.2. The van der Waals surface area contributed by atoms with E-state index in [2.05, 4.69) is 16.0 Å². The minimum atomic E-state index is -0.309. The number of aromatic amines is 1. The van der Waals surface area contributed by atoms with Gasteiger partial charge >= 0.3 is 4.87 Å². The molecule has 1 N–H and O–H groups in total. The van der Waals surface area contributed by atoms with Gasteiger partial charge in [0.1, 0.15) is 0 Å². The molecule has 3 aromatic rings. The highest BCUT2D eigenvalue weighted by Gasteiger charge is 2.69. The number of nitrogens with zero attached hydrogens (tertiary/aromatic N) is 2. The number of halogens is 1. The summed E-state index contributed by atoms with van der Waals surface area (Å²) in [4.78, 5) is 49.2. The lowest BCUT2D eigenvalue weighted by Crippen LogP contribution is -2.42. The third-order valence-corrected chi connectivity index (χ3v) is 10.7. The third kappa shape index (κ3) is 2.68. The Bertz CT molecular complexity index is 1360. The second-order valence-corrected chi connectivity index (χ2v) is 11.9. The van der Waals surface area contributed by atoms with Crippen LogP contribution in [0.2, 0.25) is 5.02 Å². The number of rotatable bonds is 2. The van der Waals surface area contributed by atoms with Gasteiger partial charge in [-0.15, -0.1) is 11.8 Å². The number of fused-ring (bicyclic) bond motifs is 9. The minimum absolute atomic E-state index is 0.00679. The highest BCUT2D eigenvalue weighted by Crippen LogP contribution is 2.68. The van der Waals surface area contributed by atoms with Crippen LogP contribution in [-0.2, 0) is 9.59 Å². The molecule has 6 nitrogen and oxygen atoms in total. The van der Waals surface area contributed by atoms with Gasteiger partial charge in [0.2, 0.25) is 11.8 Å². The smallest absolute Gasteiger partial charge is 0.305 e. The third-order valence-electron chi connectivity index (χ3n) is 7.85. The van der Waals surface area contributed by atoms with Crippen LogP contribution in [0.15, 0.2) is 58.6 Å². The fraction of sp³-hybridized carbons (Fsp3) is 0.333. The average molecular weight is 496 g/mol. The van der Waals surface area contributed by atoms with Crippen LogP contribution < -0.4 is 9.77 Å². The molecule has 4 heterocycles. The van der Waals surface area contributed by atoms with Crippen LogP contribution in [0, 0.1) is 29.6 Å². The fourth-order valence-electron chi connectivity index (χ4n) is 6.79. The summed E-state index contributed by atoms with van der Waals surface area (Å²) in [5.74, 6) is -0.396. The van der Waals surface area contributed by atoms with Crippen molar-refractivity contribution >= 4 is 52.2 Å². The molecule has 3 fully saturated rings. The molecule has 0 radical (unpaired) electrons. The summed E-state index contributed by atoms with van der Waals surface area (Å²) in [6.45, 7) is 0. The molecule has 4 aliphatic rings. The lowest BCUT2D eigenvalue weighted by molar-refractivity contribution is -0.123. The Hall–Kier alpha value is -2.42. The number of anilines is 1. The number of H-pyrrole nitrogens is 1. The summed E-state index contributed by atoms with van der Waals surface area (Å²) < 4.78 is 0. The lowest BCUT2D eigenvalue weighted by atomic mass is 9.68. The predicted molar refractivity (Wildman–Crippen MR) is 127 cm³/mol. The van der Waals surface area contributed by atoms with Gasteiger partial charge in [0.05, 0.1) is 22.5 Å². The normalized spacial score (nSPS) is 33.8. The molecule has 2 bridgehead atoms. The molecule has 166 valence electrons. The number of hydrogen-bond donors (Lipinski definition) is 1. The van der Waals surface area contributed by atoms with Gasteiger partial charge in [-0.2, -0.15) is 0 Å². The number of amides is 2. The summed E-state index contributed by atoms with van der Waals surface area (Å²) >= 11 is 8.98. The number of benzene rings is 1. The topological polar surface area (TPSA) is 83.1 Å². The van der Waals surface area contributed by atoms with Crippen molar-refractivity contribution in [1.82, 2.24) is 9.97 Å². The molecule has 9 heteroatoms. The molecule has 7 atom stereocenters. The van der Waals surface area contributed by atoms with Gasteiger partial charge in [-0.05, 0) is 60.1 Å². The molecule has 2 aromatic heterocycles. The summed E-state index contributed by atoms with van der Waals surface area (Å²) in [6.07, 6.45) is 4.50. The molecule has 2 aliphatic carbocycles. The Labute approximate surface area is 202 Å².